The van der Waals surface area contributed by atoms with E-state index < -0.39 is 17.7 Å². The first kappa shape index (κ1) is 28.7. The van der Waals surface area contributed by atoms with Crippen molar-refractivity contribution in [1.82, 2.24) is 4.90 Å². The molecule has 4 rings (SSSR count). The Morgan fingerprint density at radius 2 is 1.62 bits per heavy atom. The fourth-order valence-electron chi connectivity index (χ4n) is 4.97. The van der Waals surface area contributed by atoms with E-state index >= 15 is 0 Å². The Bertz CT molecular complexity index is 1430. The molecule has 3 aromatic rings. The van der Waals surface area contributed by atoms with Crippen LogP contribution < -0.4 is 14.2 Å². The van der Waals surface area contributed by atoms with Gasteiger partial charge >= 0.3 is 0 Å². The van der Waals surface area contributed by atoms with Crippen LogP contribution in [0.25, 0.3) is 5.76 Å². The molecule has 0 radical (unpaired) electrons. The van der Waals surface area contributed by atoms with E-state index in [1.54, 1.807) is 48.5 Å². The summed E-state index contributed by atoms with van der Waals surface area (Å²) < 4.78 is 30.0. The van der Waals surface area contributed by atoms with E-state index in [-0.39, 0.29) is 29.6 Å². The van der Waals surface area contributed by atoms with Crippen LogP contribution >= 0.6 is 0 Å². The number of ether oxygens (including phenoxy) is 3. The smallest absolute Gasteiger partial charge is 0.295 e. The summed E-state index contributed by atoms with van der Waals surface area (Å²) in [7, 11) is 3.02. The first-order valence-corrected chi connectivity index (χ1v) is 13.2. The summed E-state index contributed by atoms with van der Waals surface area (Å²) in [5.74, 6) is -0.429. The number of carbonyl (C=O) groups is 2. The predicted octanol–water partition coefficient (Wildman–Crippen LogP) is 6.03. The van der Waals surface area contributed by atoms with Crippen LogP contribution in [0.15, 0.2) is 66.2 Å². The topological polar surface area (TPSA) is 85.3 Å². The highest BCUT2D eigenvalue weighted by atomic mass is 19.1. The Morgan fingerprint density at radius 1 is 0.950 bits per heavy atom. The molecular formula is C32H34FNO6. The largest absolute Gasteiger partial charge is 0.507 e. The van der Waals surface area contributed by atoms with E-state index in [0.717, 1.165) is 11.1 Å². The first-order valence-electron chi connectivity index (χ1n) is 13.2. The molecule has 1 atom stereocenters. The minimum Gasteiger partial charge on any atom is -0.507 e. The average Bonchev–Trinajstić information content (AvgIpc) is 3.21. The van der Waals surface area contributed by atoms with E-state index in [2.05, 4.69) is 0 Å². The van der Waals surface area contributed by atoms with Gasteiger partial charge in [0, 0.05) is 12.1 Å². The Labute approximate surface area is 233 Å². The molecule has 1 fully saturated rings. The Hall–Kier alpha value is -4.33. The van der Waals surface area contributed by atoms with Gasteiger partial charge in [-0.15, -0.1) is 0 Å². The van der Waals surface area contributed by atoms with Crippen molar-refractivity contribution in [2.45, 2.75) is 39.2 Å². The molecule has 0 spiro atoms. The highest BCUT2D eigenvalue weighted by Gasteiger charge is 2.46. The molecule has 1 amide bonds. The lowest BCUT2D eigenvalue weighted by Gasteiger charge is -2.26. The van der Waals surface area contributed by atoms with Crippen LogP contribution in [0, 0.1) is 5.82 Å². The number of rotatable bonds is 10. The Kier molecular flexibility index (Phi) is 8.77. The zero-order valence-corrected chi connectivity index (χ0v) is 23.4. The number of hydrogen-bond acceptors (Lipinski definition) is 6. The summed E-state index contributed by atoms with van der Waals surface area (Å²) in [5, 5.41) is 11.6. The summed E-state index contributed by atoms with van der Waals surface area (Å²) in [6.07, 6.45) is 0.387. The zero-order valence-electron chi connectivity index (χ0n) is 23.4. The maximum atomic E-state index is 13.5. The average molecular weight is 548 g/mol. The van der Waals surface area contributed by atoms with Gasteiger partial charge in [-0.05, 0) is 78.4 Å². The second-order valence-electron chi connectivity index (χ2n) is 9.82. The molecule has 0 saturated carbocycles. The molecule has 3 aromatic carbocycles. The lowest BCUT2D eigenvalue weighted by atomic mass is 9.93. The predicted molar refractivity (Wildman–Crippen MR) is 150 cm³/mol. The van der Waals surface area contributed by atoms with Gasteiger partial charge in [0.15, 0.2) is 11.5 Å². The number of ketones is 1. The number of benzene rings is 3. The van der Waals surface area contributed by atoms with E-state index in [9.17, 15) is 19.1 Å². The third-order valence-corrected chi connectivity index (χ3v) is 7.02. The van der Waals surface area contributed by atoms with Crippen molar-refractivity contribution in [2.75, 3.05) is 27.4 Å². The van der Waals surface area contributed by atoms with E-state index in [1.807, 2.05) is 20.8 Å². The maximum absolute atomic E-state index is 13.5. The van der Waals surface area contributed by atoms with Gasteiger partial charge in [0.1, 0.15) is 17.3 Å². The molecule has 8 heteroatoms. The summed E-state index contributed by atoms with van der Waals surface area (Å²) in [6.45, 7) is 6.59. The molecule has 1 aliphatic rings. The number of likely N-dealkylation sites (tertiary alicyclic amines) is 1. The minimum atomic E-state index is -0.880. The lowest BCUT2D eigenvalue weighted by molar-refractivity contribution is -0.139. The van der Waals surface area contributed by atoms with Crippen molar-refractivity contribution in [3.8, 4) is 17.2 Å². The van der Waals surface area contributed by atoms with Crippen LogP contribution in [0.2, 0.25) is 0 Å². The van der Waals surface area contributed by atoms with Gasteiger partial charge in [0.05, 0.1) is 32.4 Å². The van der Waals surface area contributed by atoms with Crippen LogP contribution in [-0.4, -0.2) is 49.1 Å². The van der Waals surface area contributed by atoms with Gasteiger partial charge < -0.3 is 24.2 Å². The maximum Gasteiger partial charge on any atom is 0.295 e. The number of aliphatic hydroxyl groups is 1. The number of halogens is 1. The number of Topliss-reactive ketones (excluding diaryl/α,β-unsaturated/α-hetero) is 1. The van der Waals surface area contributed by atoms with Crippen molar-refractivity contribution >= 4 is 17.4 Å². The highest BCUT2D eigenvalue weighted by Crippen LogP contribution is 2.42. The monoisotopic (exact) mass is 547 g/mol. The number of carbonyl (C=O) groups excluding carboxylic acids is 2. The van der Waals surface area contributed by atoms with Crippen LogP contribution in [0.3, 0.4) is 0 Å². The zero-order chi connectivity index (χ0) is 29.0. The van der Waals surface area contributed by atoms with Gasteiger partial charge in [0.25, 0.3) is 11.7 Å². The Morgan fingerprint density at radius 3 is 2.25 bits per heavy atom. The van der Waals surface area contributed by atoms with Crippen molar-refractivity contribution in [1.29, 1.82) is 0 Å². The standard InChI is InChI=1S/C32H34FNO6/c1-6-40-25-13-10-22(17-24(25)19(2)3)30(35)28-29(21-9-14-26(38-4)27(18-21)39-5)34(32(37)31(28)36)16-15-20-7-11-23(33)12-8-20/h7-14,17-19,29,35H,6,15-16H2,1-5H3/b30-28+. The molecule has 0 aliphatic carbocycles. The van der Waals surface area contributed by atoms with Crippen LogP contribution in [0.1, 0.15) is 55.0 Å². The second kappa shape index (κ2) is 12.2. The van der Waals surface area contributed by atoms with E-state index in [1.165, 1.54) is 31.3 Å². The summed E-state index contributed by atoms with van der Waals surface area (Å²) >= 11 is 0. The number of aliphatic hydroxyl groups excluding tert-OH is 1. The van der Waals surface area contributed by atoms with Crippen LogP contribution in [0.4, 0.5) is 4.39 Å². The summed E-state index contributed by atoms with van der Waals surface area (Å²) in [5.41, 5.74) is 2.65. The molecule has 210 valence electrons. The normalized spacial score (nSPS) is 16.5. The van der Waals surface area contributed by atoms with E-state index in [4.69, 9.17) is 14.2 Å². The molecule has 40 heavy (non-hydrogen) atoms. The molecule has 1 saturated heterocycles. The van der Waals surface area contributed by atoms with Crippen LogP contribution in [0.5, 0.6) is 17.2 Å². The third-order valence-electron chi connectivity index (χ3n) is 7.02. The fraction of sp³-hybridized carbons (Fsp3) is 0.312. The third kappa shape index (κ3) is 5.66. The minimum absolute atomic E-state index is 0.0183. The van der Waals surface area contributed by atoms with Gasteiger partial charge in [0.2, 0.25) is 0 Å². The molecule has 0 bridgehead atoms. The SMILES string of the molecule is CCOc1ccc(/C(O)=C2\C(=O)C(=O)N(CCc3ccc(F)cc3)C2c2ccc(OC)c(OC)c2)cc1C(C)C. The van der Waals surface area contributed by atoms with Gasteiger partial charge in [-0.25, -0.2) is 4.39 Å². The quantitative estimate of drug-likeness (QED) is 0.190. The van der Waals surface area contributed by atoms with Crippen molar-refractivity contribution < 1.29 is 33.3 Å². The lowest BCUT2D eigenvalue weighted by Crippen LogP contribution is -2.31. The molecule has 1 unspecified atom stereocenters. The second-order valence-corrected chi connectivity index (χ2v) is 9.82. The molecule has 7 nitrogen and oxygen atoms in total. The van der Waals surface area contributed by atoms with E-state index in [0.29, 0.717) is 41.4 Å². The van der Waals surface area contributed by atoms with Gasteiger partial charge in [-0.1, -0.05) is 32.0 Å². The summed E-state index contributed by atoms with van der Waals surface area (Å²) in [6, 6.07) is 15.5. The molecular weight excluding hydrogens is 513 g/mol. The van der Waals surface area contributed by atoms with Crippen molar-refractivity contribution in [2.24, 2.45) is 0 Å². The van der Waals surface area contributed by atoms with Gasteiger partial charge in [-0.3, -0.25) is 9.59 Å². The summed E-state index contributed by atoms with van der Waals surface area (Å²) in [4.78, 5) is 28.3. The highest BCUT2D eigenvalue weighted by molar-refractivity contribution is 6.46. The molecule has 1 N–H and O–H groups in total. The first-order chi connectivity index (χ1) is 19.2. The number of methoxy groups -OCH3 is 2. The fourth-order valence-corrected chi connectivity index (χ4v) is 4.97. The number of nitrogens with zero attached hydrogens (tertiary/aromatic N) is 1. The van der Waals surface area contributed by atoms with Crippen LogP contribution in [-0.2, 0) is 16.0 Å². The number of amides is 1. The van der Waals surface area contributed by atoms with Gasteiger partial charge in [-0.2, -0.15) is 0 Å². The van der Waals surface area contributed by atoms with Crippen molar-refractivity contribution in [3.63, 3.8) is 0 Å². The van der Waals surface area contributed by atoms with Crippen molar-refractivity contribution in [3.05, 3.63) is 94.3 Å². The molecule has 1 heterocycles. The Balaban J connectivity index is 1.84. The molecule has 1 aliphatic heterocycles. The number of hydrogen-bond donors (Lipinski definition) is 1. The molecule has 0 aromatic heterocycles.